The number of aromatic nitrogens is 4. The van der Waals surface area contributed by atoms with E-state index in [4.69, 9.17) is 0 Å². The average Bonchev–Trinajstić information content (AvgIpc) is 3.37. The molecule has 1 amide bonds. The summed E-state index contributed by atoms with van der Waals surface area (Å²) >= 11 is 0. The van der Waals surface area contributed by atoms with E-state index in [1.165, 1.54) is 12.8 Å². The van der Waals surface area contributed by atoms with E-state index >= 15 is 0 Å². The van der Waals surface area contributed by atoms with Crippen molar-refractivity contribution in [3.05, 3.63) is 18.1 Å². The van der Waals surface area contributed by atoms with Gasteiger partial charge in [0.25, 0.3) is 5.78 Å². The molecule has 1 aliphatic carbocycles. The summed E-state index contributed by atoms with van der Waals surface area (Å²) < 4.78 is 1.80. The van der Waals surface area contributed by atoms with Gasteiger partial charge in [-0.05, 0) is 25.7 Å². The second-order valence-corrected chi connectivity index (χ2v) is 8.16. The molecule has 27 heavy (non-hydrogen) atoms. The van der Waals surface area contributed by atoms with Gasteiger partial charge < -0.3 is 9.80 Å². The van der Waals surface area contributed by atoms with Crippen molar-refractivity contribution in [3.63, 3.8) is 0 Å². The highest BCUT2D eigenvalue weighted by molar-refractivity contribution is 5.79. The third kappa shape index (κ3) is 4.05. The normalized spacial score (nSPS) is 18.4. The average molecular weight is 371 g/mol. The van der Waals surface area contributed by atoms with Crippen LogP contribution >= 0.6 is 0 Å². The zero-order valence-corrected chi connectivity index (χ0v) is 16.5. The number of hydrogen-bond acceptors (Lipinski definition) is 6. The number of nitrogens with zero attached hydrogens (tertiary/aromatic N) is 7. The molecule has 0 unspecified atom stereocenters. The van der Waals surface area contributed by atoms with Crippen LogP contribution in [0.2, 0.25) is 0 Å². The number of piperazine rings is 1. The Hall–Kier alpha value is -2.22. The molecular weight excluding hydrogens is 342 g/mol. The first-order valence-electron chi connectivity index (χ1n) is 9.95. The predicted octanol–water partition coefficient (Wildman–Crippen LogP) is 1.20. The van der Waals surface area contributed by atoms with Crippen LogP contribution in [0.4, 0.5) is 5.82 Å². The van der Waals surface area contributed by atoms with Crippen molar-refractivity contribution >= 4 is 17.5 Å². The number of anilines is 1. The fourth-order valence-electron chi connectivity index (χ4n) is 3.79. The standard InChI is InChI=1S/C19H29N7O/c1-14(2)11-25(16-4-5-16)18(27)12-23-6-8-24(9-7-23)17-10-15(3)22-19-20-13-21-26(17)19/h10,13-14,16H,4-9,11-12H2,1-3H3. The minimum absolute atomic E-state index is 0.290. The minimum atomic E-state index is 0.290. The number of rotatable bonds is 6. The van der Waals surface area contributed by atoms with E-state index in [0.29, 0.717) is 24.3 Å². The third-order valence-corrected chi connectivity index (χ3v) is 5.29. The molecule has 0 radical (unpaired) electrons. The highest BCUT2D eigenvalue weighted by Crippen LogP contribution is 2.28. The molecular formula is C19H29N7O. The molecule has 0 N–H and O–H groups in total. The van der Waals surface area contributed by atoms with Crippen molar-refractivity contribution in [3.8, 4) is 0 Å². The molecule has 3 heterocycles. The number of amides is 1. The van der Waals surface area contributed by atoms with Crippen molar-refractivity contribution in [2.45, 2.75) is 39.7 Å². The molecule has 2 aromatic heterocycles. The molecule has 8 nitrogen and oxygen atoms in total. The van der Waals surface area contributed by atoms with Gasteiger partial charge in [0.15, 0.2) is 0 Å². The van der Waals surface area contributed by atoms with Crippen LogP contribution in [0.5, 0.6) is 0 Å². The summed E-state index contributed by atoms with van der Waals surface area (Å²) in [5.74, 6) is 2.47. The maximum Gasteiger partial charge on any atom is 0.254 e. The quantitative estimate of drug-likeness (QED) is 0.760. The smallest absolute Gasteiger partial charge is 0.254 e. The molecule has 2 aliphatic rings. The predicted molar refractivity (Wildman–Crippen MR) is 104 cm³/mol. The van der Waals surface area contributed by atoms with Crippen molar-refractivity contribution < 1.29 is 4.79 Å². The zero-order valence-electron chi connectivity index (χ0n) is 16.5. The van der Waals surface area contributed by atoms with E-state index < -0.39 is 0 Å². The van der Waals surface area contributed by atoms with Crippen LogP contribution in [0.25, 0.3) is 5.78 Å². The third-order valence-electron chi connectivity index (χ3n) is 5.29. The molecule has 0 aromatic carbocycles. The van der Waals surface area contributed by atoms with E-state index in [2.05, 4.69) is 49.7 Å². The number of hydrogen-bond donors (Lipinski definition) is 0. The lowest BCUT2D eigenvalue weighted by atomic mass is 10.2. The molecule has 0 atom stereocenters. The molecule has 2 aromatic rings. The highest BCUT2D eigenvalue weighted by atomic mass is 16.2. The van der Waals surface area contributed by atoms with Gasteiger partial charge in [-0.25, -0.2) is 4.98 Å². The Balaban J connectivity index is 1.37. The van der Waals surface area contributed by atoms with Gasteiger partial charge in [0.1, 0.15) is 12.1 Å². The van der Waals surface area contributed by atoms with Gasteiger partial charge in [-0.15, -0.1) is 0 Å². The largest absolute Gasteiger partial charge is 0.354 e. The van der Waals surface area contributed by atoms with E-state index in [9.17, 15) is 4.79 Å². The Kier molecular flexibility index (Phi) is 4.99. The first kappa shape index (κ1) is 18.2. The molecule has 2 fully saturated rings. The van der Waals surface area contributed by atoms with Gasteiger partial charge in [-0.2, -0.15) is 14.6 Å². The van der Waals surface area contributed by atoms with Gasteiger partial charge in [0.05, 0.1) is 6.54 Å². The van der Waals surface area contributed by atoms with Crippen molar-refractivity contribution in [1.29, 1.82) is 0 Å². The second kappa shape index (κ2) is 7.42. The molecule has 4 rings (SSSR count). The zero-order chi connectivity index (χ0) is 19.0. The summed E-state index contributed by atoms with van der Waals surface area (Å²) in [7, 11) is 0. The van der Waals surface area contributed by atoms with Crippen LogP contribution in [-0.4, -0.2) is 80.6 Å². The Bertz CT molecular complexity index is 805. The number of aryl methyl sites for hydroxylation is 1. The maximum absolute atomic E-state index is 12.8. The number of carbonyl (C=O) groups excluding carboxylic acids is 1. The van der Waals surface area contributed by atoms with Crippen LogP contribution in [-0.2, 0) is 4.79 Å². The van der Waals surface area contributed by atoms with Crippen LogP contribution in [0, 0.1) is 12.8 Å². The second-order valence-electron chi connectivity index (χ2n) is 8.16. The molecule has 1 saturated carbocycles. The van der Waals surface area contributed by atoms with Crippen molar-refractivity contribution in [1.82, 2.24) is 29.4 Å². The molecule has 0 spiro atoms. The van der Waals surface area contributed by atoms with Gasteiger partial charge in [-0.1, -0.05) is 13.8 Å². The van der Waals surface area contributed by atoms with E-state index in [-0.39, 0.29) is 5.91 Å². The minimum Gasteiger partial charge on any atom is -0.354 e. The van der Waals surface area contributed by atoms with E-state index in [1.54, 1.807) is 10.8 Å². The SMILES string of the molecule is Cc1cc(N2CCN(CC(=O)N(CC(C)C)C3CC3)CC2)n2ncnc2n1. The summed E-state index contributed by atoms with van der Waals surface area (Å²) in [6.07, 6.45) is 3.88. The fourth-order valence-corrected chi connectivity index (χ4v) is 3.79. The number of fused-ring (bicyclic) bond motifs is 1. The van der Waals surface area contributed by atoms with E-state index in [0.717, 1.165) is 44.2 Å². The first-order valence-corrected chi connectivity index (χ1v) is 9.95. The monoisotopic (exact) mass is 371 g/mol. The summed E-state index contributed by atoms with van der Waals surface area (Å²) in [6.45, 7) is 11.3. The lowest BCUT2D eigenvalue weighted by molar-refractivity contribution is -0.133. The topological polar surface area (TPSA) is 69.9 Å². The van der Waals surface area contributed by atoms with Gasteiger partial charge >= 0.3 is 0 Å². The lowest BCUT2D eigenvalue weighted by Gasteiger charge is -2.36. The lowest BCUT2D eigenvalue weighted by Crippen LogP contribution is -2.51. The van der Waals surface area contributed by atoms with Gasteiger partial charge in [-0.3, -0.25) is 9.69 Å². The molecule has 1 aliphatic heterocycles. The summed E-state index contributed by atoms with van der Waals surface area (Å²) in [4.78, 5) is 28.1. The summed E-state index contributed by atoms with van der Waals surface area (Å²) in [5, 5.41) is 4.31. The number of carbonyl (C=O) groups is 1. The molecule has 1 saturated heterocycles. The molecule has 0 bridgehead atoms. The molecule has 8 heteroatoms. The molecule has 146 valence electrons. The van der Waals surface area contributed by atoms with Crippen LogP contribution in [0.15, 0.2) is 12.4 Å². The van der Waals surface area contributed by atoms with Crippen molar-refractivity contribution in [2.75, 3.05) is 44.2 Å². The van der Waals surface area contributed by atoms with Gasteiger partial charge in [0, 0.05) is 50.5 Å². The Labute approximate surface area is 160 Å². The van der Waals surface area contributed by atoms with Crippen LogP contribution in [0.3, 0.4) is 0 Å². The Morgan fingerprint density at radius 3 is 2.67 bits per heavy atom. The highest BCUT2D eigenvalue weighted by Gasteiger charge is 2.33. The summed E-state index contributed by atoms with van der Waals surface area (Å²) in [6, 6.07) is 2.54. The van der Waals surface area contributed by atoms with Crippen LogP contribution < -0.4 is 4.90 Å². The van der Waals surface area contributed by atoms with Crippen molar-refractivity contribution in [2.24, 2.45) is 5.92 Å². The fraction of sp³-hybridized carbons (Fsp3) is 0.684. The van der Waals surface area contributed by atoms with Gasteiger partial charge in [0.2, 0.25) is 5.91 Å². The Morgan fingerprint density at radius 2 is 2.00 bits per heavy atom. The maximum atomic E-state index is 12.8. The van der Waals surface area contributed by atoms with Crippen LogP contribution in [0.1, 0.15) is 32.4 Å². The summed E-state index contributed by atoms with van der Waals surface area (Å²) in [5.41, 5.74) is 0.942. The van der Waals surface area contributed by atoms with E-state index in [1.807, 2.05) is 6.92 Å². The first-order chi connectivity index (χ1) is 13.0. The Morgan fingerprint density at radius 1 is 1.26 bits per heavy atom.